The molecule has 0 radical (unpaired) electrons. The van der Waals surface area contributed by atoms with Gasteiger partial charge in [-0.05, 0) is 42.8 Å². The highest BCUT2D eigenvalue weighted by atomic mass is 35.5. The van der Waals surface area contributed by atoms with Gasteiger partial charge in [-0.3, -0.25) is 14.9 Å². The van der Waals surface area contributed by atoms with Crippen molar-refractivity contribution < 1.29 is 18.9 Å². The standard InChI is InChI=1S/C20H16ClN3O5/c1-13-3-2-4-15(9-13)28-12-20(25)23-22-11-16-6-8-19(29-16)17-10-14(24(26)27)5-7-18(17)21/h2-11H,12H2,1H3,(H,23,25)/b22-11-. The molecule has 0 atom stereocenters. The zero-order valence-electron chi connectivity index (χ0n) is 15.3. The number of ether oxygens (including phenoxy) is 1. The number of nitrogens with one attached hydrogen (secondary N) is 1. The van der Waals surface area contributed by atoms with Crippen LogP contribution in [0, 0.1) is 17.0 Å². The van der Waals surface area contributed by atoms with E-state index in [-0.39, 0.29) is 12.3 Å². The Morgan fingerprint density at radius 3 is 2.86 bits per heavy atom. The van der Waals surface area contributed by atoms with Crippen molar-refractivity contribution in [2.24, 2.45) is 5.10 Å². The van der Waals surface area contributed by atoms with Gasteiger partial charge >= 0.3 is 0 Å². The summed E-state index contributed by atoms with van der Waals surface area (Å²) in [5.41, 5.74) is 3.64. The molecular formula is C20H16ClN3O5. The minimum absolute atomic E-state index is 0.100. The lowest BCUT2D eigenvalue weighted by Crippen LogP contribution is -2.24. The molecule has 1 amide bonds. The van der Waals surface area contributed by atoms with E-state index in [2.05, 4.69) is 10.5 Å². The first-order valence-corrected chi connectivity index (χ1v) is 8.85. The zero-order chi connectivity index (χ0) is 20.8. The normalized spacial score (nSPS) is 10.8. The molecule has 9 heteroatoms. The first-order valence-electron chi connectivity index (χ1n) is 8.48. The molecule has 0 saturated heterocycles. The highest BCUT2D eigenvalue weighted by Crippen LogP contribution is 2.32. The van der Waals surface area contributed by atoms with Crippen molar-refractivity contribution in [3.63, 3.8) is 0 Å². The summed E-state index contributed by atoms with van der Waals surface area (Å²) in [5.74, 6) is 0.835. The number of hydrogen-bond acceptors (Lipinski definition) is 6. The first-order chi connectivity index (χ1) is 13.9. The van der Waals surface area contributed by atoms with Crippen LogP contribution < -0.4 is 10.2 Å². The van der Waals surface area contributed by atoms with E-state index in [1.54, 1.807) is 18.2 Å². The molecule has 0 aliphatic rings. The maximum absolute atomic E-state index is 11.8. The van der Waals surface area contributed by atoms with Crippen molar-refractivity contribution in [1.29, 1.82) is 0 Å². The number of amides is 1. The fourth-order valence-corrected chi connectivity index (χ4v) is 2.65. The first kappa shape index (κ1) is 20.1. The molecule has 0 fully saturated rings. The average Bonchev–Trinajstić information content (AvgIpc) is 3.15. The number of nitro groups is 1. The smallest absolute Gasteiger partial charge is 0.277 e. The maximum atomic E-state index is 11.8. The average molecular weight is 414 g/mol. The van der Waals surface area contributed by atoms with Gasteiger partial charge in [0, 0.05) is 17.7 Å². The van der Waals surface area contributed by atoms with Gasteiger partial charge in [0.05, 0.1) is 16.2 Å². The minimum Gasteiger partial charge on any atom is -0.484 e. The lowest BCUT2D eigenvalue weighted by Gasteiger charge is -2.05. The predicted octanol–water partition coefficient (Wildman–Crippen LogP) is 4.35. The van der Waals surface area contributed by atoms with E-state index in [0.717, 1.165) is 5.56 Å². The van der Waals surface area contributed by atoms with Crippen molar-refractivity contribution in [2.75, 3.05) is 6.61 Å². The number of nitro benzene ring substituents is 1. The van der Waals surface area contributed by atoms with E-state index < -0.39 is 10.8 Å². The molecule has 3 aromatic rings. The van der Waals surface area contributed by atoms with Gasteiger partial charge in [-0.2, -0.15) is 5.10 Å². The summed E-state index contributed by atoms with van der Waals surface area (Å²) in [6.07, 6.45) is 1.30. The van der Waals surface area contributed by atoms with E-state index in [4.69, 9.17) is 20.8 Å². The maximum Gasteiger partial charge on any atom is 0.277 e. The number of furan rings is 1. The molecule has 29 heavy (non-hydrogen) atoms. The van der Waals surface area contributed by atoms with Gasteiger partial charge in [-0.15, -0.1) is 0 Å². The summed E-state index contributed by atoms with van der Waals surface area (Å²) in [4.78, 5) is 22.2. The zero-order valence-corrected chi connectivity index (χ0v) is 16.1. The second-order valence-corrected chi connectivity index (χ2v) is 6.43. The van der Waals surface area contributed by atoms with Gasteiger partial charge in [0.2, 0.25) is 0 Å². The third-order valence-corrected chi connectivity index (χ3v) is 4.12. The number of non-ortho nitro benzene ring substituents is 1. The van der Waals surface area contributed by atoms with Crippen molar-refractivity contribution in [2.45, 2.75) is 6.92 Å². The highest BCUT2D eigenvalue weighted by Gasteiger charge is 2.14. The Balaban J connectivity index is 1.58. The number of rotatable bonds is 7. The lowest BCUT2D eigenvalue weighted by atomic mass is 10.1. The largest absolute Gasteiger partial charge is 0.484 e. The van der Waals surface area contributed by atoms with Gasteiger partial charge in [-0.1, -0.05) is 23.7 Å². The van der Waals surface area contributed by atoms with E-state index in [0.29, 0.717) is 27.9 Å². The molecule has 1 aromatic heterocycles. The van der Waals surface area contributed by atoms with Crippen LogP contribution in [0.15, 0.2) is 64.1 Å². The molecule has 148 valence electrons. The van der Waals surface area contributed by atoms with Crippen LogP contribution in [0.2, 0.25) is 5.02 Å². The second kappa shape index (κ2) is 9.03. The lowest BCUT2D eigenvalue weighted by molar-refractivity contribution is -0.384. The molecule has 0 unspecified atom stereocenters. The minimum atomic E-state index is -0.514. The number of nitrogens with zero attached hydrogens (tertiary/aromatic N) is 2. The van der Waals surface area contributed by atoms with Crippen LogP contribution in [0.5, 0.6) is 5.75 Å². The van der Waals surface area contributed by atoms with Gasteiger partial charge in [0.25, 0.3) is 11.6 Å². The highest BCUT2D eigenvalue weighted by molar-refractivity contribution is 6.33. The molecule has 0 aliphatic heterocycles. The molecule has 2 aromatic carbocycles. The van der Waals surface area contributed by atoms with Crippen LogP contribution >= 0.6 is 11.6 Å². The Kier molecular flexibility index (Phi) is 6.25. The number of carbonyl (C=O) groups is 1. The Bertz CT molecular complexity index is 1080. The Hall–Kier alpha value is -3.65. The second-order valence-electron chi connectivity index (χ2n) is 6.02. The SMILES string of the molecule is Cc1cccc(OCC(=O)N/N=C\c2ccc(-c3cc([N+](=O)[O-])ccc3Cl)o2)c1. The molecule has 1 heterocycles. The van der Waals surface area contributed by atoms with E-state index in [1.807, 2.05) is 25.1 Å². The Labute approximate surface area is 170 Å². The number of aryl methyl sites for hydroxylation is 1. The van der Waals surface area contributed by atoms with Gasteiger partial charge in [-0.25, -0.2) is 5.43 Å². The molecule has 0 spiro atoms. The fraction of sp³-hybridized carbons (Fsp3) is 0.100. The molecule has 8 nitrogen and oxygen atoms in total. The van der Waals surface area contributed by atoms with Crippen LogP contribution in [0.1, 0.15) is 11.3 Å². The Morgan fingerprint density at radius 1 is 1.28 bits per heavy atom. The van der Waals surface area contributed by atoms with Gasteiger partial charge < -0.3 is 9.15 Å². The quantitative estimate of drug-likeness (QED) is 0.352. The van der Waals surface area contributed by atoms with Crippen LogP contribution in [0.3, 0.4) is 0 Å². The van der Waals surface area contributed by atoms with Crippen LogP contribution in [0.4, 0.5) is 5.69 Å². The van der Waals surface area contributed by atoms with Gasteiger partial charge in [0.15, 0.2) is 6.61 Å². The van der Waals surface area contributed by atoms with E-state index >= 15 is 0 Å². The topological polar surface area (TPSA) is 107 Å². The molecule has 3 rings (SSSR count). The monoisotopic (exact) mass is 413 g/mol. The van der Waals surface area contributed by atoms with E-state index in [1.165, 1.54) is 24.4 Å². The Morgan fingerprint density at radius 2 is 2.10 bits per heavy atom. The number of benzene rings is 2. The molecule has 0 saturated carbocycles. The third-order valence-electron chi connectivity index (χ3n) is 3.79. The summed E-state index contributed by atoms with van der Waals surface area (Å²) < 4.78 is 10.9. The fourth-order valence-electron chi connectivity index (χ4n) is 2.44. The van der Waals surface area contributed by atoms with Crippen molar-refractivity contribution in [1.82, 2.24) is 5.43 Å². The van der Waals surface area contributed by atoms with Crippen LogP contribution in [0.25, 0.3) is 11.3 Å². The molecule has 0 bridgehead atoms. The third kappa shape index (κ3) is 5.43. The number of hydrogen-bond donors (Lipinski definition) is 1. The van der Waals surface area contributed by atoms with Crippen molar-refractivity contribution >= 4 is 29.4 Å². The van der Waals surface area contributed by atoms with Crippen molar-refractivity contribution in [3.05, 3.63) is 81.1 Å². The van der Waals surface area contributed by atoms with Crippen molar-refractivity contribution in [3.8, 4) is 17.1 Å². The summed E-state index contributed by atoms with van der Waals surface area (Å²) in [6.45, 7) is 1.74. The number of halogens is 1. The summed E-state index contributed by atoms with van der Waals surface area (Å²) in [6, 6.07) is 14.6. The molecule has 0 aliphatic carbocycles. The summed E-state index contributed by atoms with van der Waals surface area (Å²) >= 11 is 6.10. The van der Waals surface area contributed by atoms with E-state index in [9.17, 15) is 14.9 Å². The molecule has 1 N–H and O–H groups in total. The van der Waals surface area contributed by atoms with Gasteiger partial charge in [0.1, 0.15) is 17.3 Å². The predicted molar refractivity (Wildman–Crippen MR) is 108 cm³/mol. The van der Waals surface area contributed by atoms with Crippen LogP contribution in [-0.4, -0.2) is 23.7 Å². The summed E-state index contributed by atoms with van der Waals surface area (Å²) in [5, 5.41) is 15.0. The van der Waals surface area contributed by atoms with Crippen LogP contribution in [-0.2, 0) is 4.79 Å². The summed E-state index contributed by atoms with van der Waals surface area (Å²) in [7, 11) is 0. The number of hydrazone groups is 1. The molecular weight excluding hydrogens is 398 g/mol. The number of carbonyl (C=O) groups excluding carboxylic acids is 1.